The summed E-state index contributed by atoms with van der Waals surface area (Å²) < 4.78 is 0. The van der Waals surface area contributed by atoms with Gasteiger partial charge in [0.25, 0.3) is 0 Å². The van der Waals surface area contributed by atoms with Crippen LogP contribution < -0.4 is 0 Å². The Bertz CT molecular complexity index is 62.4. The van der Waals surface area contributed by atoms with Crippen molar-refractivity contribution >= 4 is 6.79 Å². The zero-order chi connectivity index (χ0) is 5.41. The van der Waals surface area contributed by atoms with Gasteiger partial charge in [-0.25, -0.2) is 0 Å². The molecule has 0 heterocycles. The third-order valence-electron chi connectivity index (χ3n) is 0.0913. The molecule has 0 unspecified atom stereocenters. The maximum Gasteiger partial charge on any atom is 0.106 e. The highest BCUT2D eigenvalue weighted by atomic mass is 16.1. The third-order valence-corrected chi connectivity index (χ3v) is 0.0913. The monoisotopic (exact) mass is 83.0 g/mol. The van der Waals surface area contributed by atoms with Crippen molar-refractivity contribution in [2.24, 2.45) is 0 Å². The summed E-state index contributed by atoms with van der Waals surface area (Å²) in [7, 11) is 0. The van der Waals surface area contributed by atoms with E-state index in [0.717, 1.165) is 0 Å². The first-order valence-electron chi connectivity index (χ1n) is 1.21. The van der Waals surface area contributed by atoms with Crippen molar-refractivity contribution < 1.29 is 4.79 Å². The number of carbonyl (C=O) groups is 1. The molecule has 0 aromatic rings. The standard InChI is InChI=1S/C3H3N.CH2O/c1-2-3-4;1-2/h2H,1H2;1H2. The molecule has 0 radical (unpaired) electrons. The summed E-state index contributed by atoms with van der Waals surface area (Å²) in [4.78, 5) is 8.00. The van der Waals surface area contributed by atoms with Gasteiger partial charge in [0, 0.05) is 6.08 Å². The van der Waals surface area contributed by atoms with Crippen molar-refractivity contribution in [1.82, 2.24) is 0 Å². The molecule has 0 atom stereocenters. The summed E-state index contributed by atoms with van der Waals surface area (Å²) >= 11 is 0. The zero-order valence-corrected chi connectivity index (χ0v) is 3.35. The molecule has 32 valence electrons. The van der Waals surface area contributed by atoms with Crippen molar-refractivity contribution in [3.05, 3.63) is 12.7 Å². The van der Waals surface area contributed by atoms with Crippen LogP contribution in [0.2, 0.25) is 0 Å². The molecule has 0 rings (SSSR count). The maximum absolute atomic E-state index is 8.00. The van der Waals surface area contributed by atoms with Crippen LogP contribution in [0.15, 0.2) is 12.7 Å². The molecule has 0 saturated carbocycles. The predicted molar refractivity (Wildman–Crippen MR) is 22.9 cm³/mol. The van der Waals surface area contributed by atoms with Crippen molar-refractivity contribution in [1.29, 1.82) is 5.26 Å². The summed E-state index contributed by atoms with van der Waals surface area (Å²) in [5.41, 5.74) is 0. The highest BCUT2D eigenvalue weighted by Gasteiger charge is 1.34. The maximum atomic E-state index is 8.00. The van der Waals surface area contributed by atoms with Gasteiger partial charge in [0.05, 0.1) is 6.07 Å². The molecule has 2 heteroatoms. The molecule has 0 amide bonds. The number of nitrogens with zero attached hydrogens (tertiary/aromatic N) is 1. The minimum Gasteiger partial charge on any atom is -0.307 e. The Balaban J connectivity index is 0. The van der Waals surface area contributed by atoms with Gasteiger partial charge in [-0.05, 0) is 0 Å². The highest BCUT2D eigenvalue weighted by molar-refractivity contribution is 5.10. The molecular weight excluding hydrogens is 78.0 g/mol. The summed E-state index contributed by atoms with van der Waals surface area (Å²) in [5.74, 6) is 0. The van der Waals surface area contributed by atoms with E-state index in [0.29, 0.717) is 0 Å². The summed E-state index contributed by atoms with van der Waals surface area (Å²) in [6.07, 6.45) is 1.18. The van der Waals surface area contributed by atoms with Gasteiger partial charge in [-0.15, -0.1) is 0 Å². The molecule has 0 N–H and O–H groups in total. The fraction of sp³-hybridized carbons (Fsp3) is 0. The Morgan fingerprint density at radius 3 is 1.83 bits per heavy atom. The van der Waals surface area contributed by atoms with Crippen LogP contribution in [-0.4, -0.2) is 6.79 Å². The zero-order valence-electron chi connectivity index (χ0n) is 3.35. The van der Waals surface area contributed by atoms with Gasteiger partial charge in [-0.3, -0.25) is 0 Å². The first kappa shape index (κ1) is 8.86. The van der Waals surface area contributed by atoms with Crippen molar-refractivity contribution in [2.45, 2.75) is 0 Å². The van der Waals surface area contributed by atoms with E-state index in [-0.39, 0.29) is 0 Å². The van der Waals surface area contributed by atoms with Gasteiger partial charge in [0.1, 0.15) is 6.79 Å². The fourth-order valence-corrected chi connectivity index (χ4v) is 0. The van der Waals surface area contributed by atoms with Crippen molar-refractivity contribution in [2.75, 3.05) is 0 Å². The van der Waals surface area contributed by atoms with Crippen LogP contribution in [0.3, 0.4) is 0 Å². The number of hydrogen-bond donors (Lipinski definition) is 0. The second-order valence-corrected chi connectivity index (χ2v) is 0.333. The normalized spacial score (nSPS) is 3.17. The number of nitriles is 1. The van der Waals surface area contributed by atoms with Crippen molar-refractivity contribution in [3.63, 3.8) is 0 Å². The number of allylic oxidation sites excluding steroid dienone is 1. The highest BCUT2D eigenvalue weighted by Crippen LogP contribution is 1.41. The lowest BCUT2D eigenvalue weighted by Gasteiger charge is -1.31. The van der Waals surface area contributed by atoms with Gasteiger partial charge < -0.3 is 4.79 Å². The smallest absolute Gasteiger partial charge is 0.106 e. The first-order valence-corrected chi connectivity index (χ1v) is 1.21. The minimum atomic E-state index is 1.18. The first-order chi connectivity index (χ1) is 2.91. The van der Waals surface area contributed by atoms with E-state index in [1.54, 1.807) is 6.07 Å². The van der Waals surface area contributed by atoms with Gasteiger partial charge in [0.2, 0.25) is 0 Å². The quantitative estimate of drug-likeness (QED) is 0.400. The lowest BCUT2D eigenvalue weighted by molar-refractivity contribution is -0.0979. The van der Waals surface area contributed by atoms with Gasteiger partial charge in [0.15, 0.2) is 0 Å². The van der Waals surface area contributed by atoms with E-state index in [9.17, 15) is 0 Å². The molecule has 0 aliphatic rings. The van der Waals surface area contributed by atoms with Crippen LogP contribution in [0, 0.1) is 11.3 Å². The summed E-state index contributed by atoms with van der Waals surface area (Å²) in [5, 5.41) is 7.51. The minimum absolute atomic E-state index is 1.18. The van der Waals surface area contributed by atoms with Crippen LogP contribution in [-0.2, 0) is 4.79 Å². The second kappa shape index (κ2) is 40.5. The molecular formula is C4H5NO. The average Bonchev–Trinajstić information content (AvgIpc) is 1.72. The molecule has 0 aliphatic heterocycles. The Morgan fingerprint density at radius 1 is 1.67 bits per heavy atom. The van der Waals surface area contributed by atoms with Crippen LogP contribution in [0.4, 0.5) is 0 Å². The molecule has 0 spiro atoms. The van der Waals surface area contributed by atoms with Crippen LogP contribution in [0.25, 0.3) is 0 Å². The van der Waals surface area contributed by atoms with Gasteiger partial charge in [-0.2, -0.15) is 5.26 Å². The topological polar surface area (TPSA) is 40.9 Å². The Hall–Kier alpha value is -1.10. The van der Waals surface area contributed by atoms with E-state index in [2.05, 4.69) is 6.58 Å². The molecule has 0 aromatic carbocycles. The number of hydrogen-bond acceptors (Lipinski definition) is 2. The molecule has 2 nitrogen and oxygen atoms in total. The van der Waals surface area contributed by atoms with E-state index >= 15 is 0 Å². The molecule has 0 saturated heterocycles. The van der Waals surface area contributed by atoms with E-state index in [1.807, 2.05) is 6.79 Å². The van der Waals surface area contributed by atoms with Crippen molar-refractivity contribution in [3.8, 4) is 6.07 Å². The Morgan fingerprint density at radius 2 is 1.83 bits per heavy atom. The van der Waals surface area contributed by atoms with Gasteiger partial charge in [-0.1, -0.05) is 6.58 Å². The Kier molecular flexibility index (Phi) is 59.8. The molecule has 0 fully saturated rings. The molecule has 0 bridgehead atoms. The SMILES string of the molecule is C=CC#N.C=O. The van der Waals surface area contributed by atoms with E-state index in [4.69, 9.17) is 10.1 Å². The molecule has 0 aliphatic carbocycles. The number of rotatable bonds is 0. The second-order valence-electron chi connectivity index (χ2n) is 0.333. The lowest BCUT2D eigenvalue weighted by atomic mass is 10.8. The summed E-state index contributed by atoms with van der Waals surface area (Å²) in [6, 6.07) is 1.69. The van der Waals surface area contributed by atoms with Gasteiger partial charge >= 0.3 is 0 Å². The third kappa shape index (κ3) is 1050. The largest absolute Gasteiger partial charge is 0.307 e. The molecule has 0 aromatic heterocycles. The van der Waals surface area contributed by atoms with Crippen LogP contribution in [0.5, 0.6) is 0 Å². The van der Waals surface area contributed by atoms with E-state index in [1.165, 1.54) is 6.08 Å². The predicted octanol–water partition coefficient (Wildman–Crippen LogP) is 0.511. The lowest BCUT2D eigenvalue weighted by Crippen LogP contribution is -1.23. The number of carbonyl (C=O) groups excluding carboxylic acids is 1. The fourth-order valence-electron chi connectivity index (χ4n) is 0. The van der Waals surface area contributed by atoms with E-state index < -0.39 is 0 Å². The summed E-state index contributed by atoms with van der Waals surface area (Å²) in [6.45, 7) is 5.12. The average molecular weight is 83.1 g/mol. The van der Waals surface area contributed by atoms with Crippen LogP contribution in [0.1, 0.15) is 0 Å². The van der Waals surface area contributed by atoms with Crippen LogP contribution >= 0.6 is 0 Å². The molecule has 6 heavy (non-hydrogen) atoms. The Labute approximate surface area is 36.7 Å².